The second-order valence-electron chi connectivity index (χ2n) is 6.09. The van der Waals surface area contributed by atoms with E-state index in [1.807, 2.05) is 0 Å². The van der Waals surface area contributed by atoms with Gasteiger partial charge in [-0.2, -0.15) is 0 Å². The van der Waals surface area contributed by atoms with E-state index in [-0.39, 0.29) is 24.8 Å². The number of hydrogen-bond acceptors (Lipinski definition) is 6. The molecule has 1 aliphatic heterocycles. The standard InChI is InChI=1S/C20H16FN3O5/c1-2-27-19(25)14-7-11-8-16-17(29-10-28-16)9-15(11)23-18(14)24-20(26)22-13-5-3-12(21)4-6-13/h3-9H,2,10H2,1H3,(H2,22,23,24,26). The first-order valence-corrected chi connectivity index (χ1v) is 8.78. The molecule has 0 saturated heterocycles. The van der Waals surface area contributed by atoms with Crippen LogP contribution in [0.15, 0.2) is 42.5 Å². The molecule has 148 valence electrons. The molecule has 0 unspecified atom stereocenters. The van der Waals surface area contributed by atoms with E-state index < -0.39 is 17.8 Å². The number of rotatable bonds is 4. The zero-order chi connectivity index (χ0) is 20.4. The first-order chi connectivity index (χ1) is 14.0. The van der Waals surface area contributed by atoms with Crippen molar-refractivity contribution in [2.24, 2.45) is 0 Å². The molecule has 2 aromatic carbocycles. The SMILES string of the molecule is CCOC(=O)c1cc2cc3c(cc2nc1NC(=O)Nc1ccc(F)cc1)OCO3. The fourth-order valence-electron chi connectivity index (χ4n) is 2.83. The molecule has 2 N–H and O–H groups in total. The third kappa shape index (κ3) is 3.88. The van der Waals surface area contributed by atoms with E-state index in [2.05, 4.69) is 15.6 Å². The Kier molecular flexibility index (Phi) is 4.86. The second kappa shape index (κ2) is 7.63. The highest BCUT2D eigenvalue weighted by atomic mass is 19.1. The maximum Gasteiger partial charge on any atom is 0.341 e. The van der Waals surface area contributed by atoms with Gasteiger partial charge in [-0.05, 0) is 43.3 Å². The van der Waals surface area contributed by atoms with E-state index in [0.29, 0.717) is 28.1 Å². The van der Waals surface area contributed by atoms with Crippen molar-refractivity contribution in [3.8, 4) is 11.5 Å². The molecule has 0 aliphatic carbocycles. The van der Waals surface area contributed by atoms with Gasteiger partial charge in [-0.25, -0.2) is 19.0 Å². The number of nitrogens with zero attached hydrogens (tertiary/aromatic N) is 1. The minimum absolute atomic E-state index is 0.0226. The van der Waals surface area contributed by atoms with Gasteiger partial charge in [0.25, 0.3) is 0 Å². The Labute approximate surface area is 164 Å². The number of ether oxygens (including phenoxy) is 3. The van der Waals surface area contributed by atoms with Gasteiger partial charge in [0.05, 0.1) is 12.1 Å². The van der Waals surface area contributed by atoms with Crippen LogP contribution >= 0.6 is 0 Å². The monoisotopic (exact) mass is 397 g/mol. The Bertz CT molecular complexity index is 1100. The van der Waals surface area contributed by atoms with Gasteiger partial charge in [-0.3, -0.25) is 5.32 Å². The Morgan fingerprint density at radius 1 is 1.10 bits per heavy atom. The smallest absolute Gasteiger partial charge is 0.341 e. The summed E-state index contributed by atoms with van der Waals surface area (Å²) in [7, 11) is 0. The van der Waals surface area contributed by atoms with E-state index in [1.54, 1.807) is 25.1 Å². The Morgan fingerprint density at radius 3 is 2.55 bits per heavy atom. The fraction of sp³-hybridized carbons (Fsp3) is 0.150. The van der Waals surface area contributed by atoms with Crippen molar-refractivity contribution in [3.63, 3.8) is 0 Å². The topological polar surface area (TPSA) is 98.8 Å². The largest absolute Gasteiger partial charge is 0.462 e. The van der Waals surface area contributed by atoms with E-state index in [9.17, 15) is 14.0 Å². The number of esters is 1. The van der Waals surface area contributed by atoms with Crippen molar-refractivity contribution >= 4 is 34.4 Å². The summed E-state index contributed by atoms with van der Waals surface area (Å²) in [5, 5.41) is 5.72. The minimum atomic E-state index is -0.644. The number of carbonyl (C=O) groups is 2. The quantitative estimate of drug-likeness (QED) is 0.648. The van der Waals surface area contributed by atoms with Crippen molar-refractivity contribution < 1.29 is 28.2 Å². The molecule has 8 nitrogen and oxygen atoms in total. The average molecular weight is 397 g/mol. The number of urea groups is 1. The van der Waals surface area contributed by atoms with E-state index in [1.165, 1.54) is 24.3 Å². The third-order valence-corrected chi connectivity index (χ3v) is 4.14. The molecule has 2 amide bonds. The first kappa shape index (κ1) is 18.5. The molecule has 0 radical (unpaired) electrons. The predicted octanol–water partition coefficient (Wildman–Crippen LogP) is 3.92. The summed E-state index contributed by atoms with van der Waals surface area (Å²) < 4.78 is 28.8. The van der Waals surface area contributed by atoms with E-state index in [4.69, 9.17) is 14.2 Å². The molecule has 0 atom stereocenters. The molecule has 0 saturated carbocycles. The molecule has 4 rings (SSSR count). The van der Waals surface area contributed by atoms with Gasteiger partial charge < -0.3 is 19.5 Å². The molecule has 9 heteroatoms. The lowest BCUT2D eigenvalue weighted by molar-refractivity contribution is 0.0527. The van der Waals surface area contributed by atoms with Crippen LogP contribution in [0.5, 0.6) is 11.5 Å². The van der Waals surface area contributed by atoms with E-state index in [0.717, 1.165) is 0 Å². The van der Waals surface area contributed by atoms with Gasteiger partial charge in [0.1, 0.15) is 17.2 Å². The fourth-order valence-corrected chi connectivity index (χ4v) is 2.83. The molecular formula is C20H16FN3O5. The van der Waals surface area contributed by atoms with E-state index >= 15 is 0 Å². The summed E-state index contributed by atoms with van der Waals surface area (Å²) in [6.45, 7) is 1.94. The molecule has 1 aromatic heterocycles. The van der Waals surface area contributed by atoms with Crippen molar-refractivity contribution in [1.29, 1.82) is 0 Å². The second-order valence-corrected chi connectivity index (χ2v) is 6.09. The number of fused-ring (bicyclic) bond motifs is 2. The van der Waals surface area contributed by atoms with Gasteiger partial charge in [-0.1, -0.05) is 0 Å². The Balaban J connectivity index is 1.67. The van der Waals surface area contributed by atoms with Gasteiger partial charge in [0.2, 0.25) is 6.79 Å². The molecule has 29 heavy (non-hydrogen) atoms. The van der Waals surface area contributed by atoms with Gasteiger partial charge in [-0.15, -0.1) is 0 Å². The molecule has 1 aliphatic rings. The molecule has 0 bridgehead atoms. The third-order valence-electron chi connectivity index (χ3n) is 4.14. The van der Waals surface area contributed by atoms with Crippen LogP contribution < -0.4 is 20.1 Å². The number of pyridine rings is 1. The highest BCUT2D eigenvalue weighted by Gasteiger charge is 2.21. The van der Waals surface area contributed by atoms with Gasteiger partial charge in [0, 0.05) is 17.1 Å². The number of halogens is 1. The molecule has 0 fully saturated rings. The number of anilines is 2. The summed E-state index contributed by atoms with van der Waals surface area (Å²) in [6, 6.07) is 9.55. The molecular weight excluding hydrogens is 381 g/mol. The van der Waals surface area contributed by atoms with Crippen LogP contribution in [0.4, 0.5) is 20.7 Å². The van der Waals surface area contributed by atoms with Gasteiger partial charge >= 0.3 is 12.0 Å². The van der Waals surface area contributed by atoms with Crippen molar-refractivity contribution in [3.05, 3.63) is 53.8 Å². The lowest BCUT2D eigenvalue weighted by atomic mass is 10.1. The van der Waals surface area contributed by atoms with Crippen LogP contribution in [-0.4, -0.2) is 30.4 Å². The van der Waals surface area contributed by atoms with Crippen LogP contribution in [0.2, 0.25) is 0 Å². The summed E-state index contributed by atoms with van der Waals surface area (Å²) in [6.07, 6.45) is 0. The molecule has 0 spiro atoms. The Morgan fingerprint density at radius 2 is 1.83 bits per heavy atom. The van der Waals surface area contributed by atoms with Crippen LogP contribution in [0.3, 0.4) is 0 Å². The highest BCUT2D eigenvalue weighted by molar-refractivity contribution is 6.06. The maximum atomic E-state index is 13.0. The Hall–Kier alpha value is -3.88. The minimum Gasteiger partial charge on any atom is -0.462 e. The number of nitrogens with one attached hydrogen (secondary N) is 2. The van der Waals surface area contributed by atoms with Crippen molar-refractivity contribution in [2.75, 3.05) is 24.0 Å². The number of aromatic nitrogens is 1. The summed E-state index contributed by atoms with van der Waals surface area (Å²) in [4.78, 5) is 29.1. The number of benzene rings is 2. The average Bonchev–Trinajstić information content (AvgIpc) is 3.15. The molecule has 3 aromatic rings. The normalized spacial score (nSPS) is 11.9. The van der Waals surface area contributed by atoms with Gasteiger partial charge in [0.15, 0.2) is 11.5 Å². The summed E-state index contributed by atoms with van der Waals surface area (Å²) in [5.41, 5.74) is 0.970. The molecule has 2 heterocycles. The summed E-state index contributed by atoms with van der Waals surface area (Å²) >= 11 is 0. The highest BCUT2D eigenvalue weighted by Crippen LogP contribution is 2.36. The predicted molar refractivity (Wildman–Crippen MR) is 103 cm³/mol. The van der Waals surface area contributed by atoms with Crippen molar-refractivity contribution in [1.82, 2.24) is 4.98 Å². The van der Waals surface area contributed by atoms with Crippen LogP contribution in [0, 0.1) is 5.82 Å². The first-order valence-electron chi connectivity index (χ1n) is 8.78. The number of amides is 2. The zero-order valence-corrected chi connectivity index (χ0v) is 15.3. The van der Waals surface area contributed by atoms with Crippen molar-refractivity contribution in [2.45, 2.75) is 6.92 Å². The zero-order valence-electron chi connectivity index (χ0n) is 15.3. The van der Waals surface area contributed by atoms with Crippen LogP contribution in [0.25, 0.3) is 10.9 Å². The number of carbonyl (C=O) groups excluding carboxylic acids is 2. The van der Waals surface area contributed by atoms with Crippen LogP contribution in [0.1, 0.15) is 17.3 Å². The summed E-state index contributed by atoms with van der Waals surface area (Å²) in [5.74, 6) is 0.0426. The van der Waals surface area contributed by atoms with Crippen LogP contribution in [-0.2, 0) is 4.74 Å². The lowest BCUT2D eigenvalue weighted by Crippen LogP contribution is -2.22. The number of hydrogen-bond donors (Lipinski definition) is 2. The maximum absolute atomic E-state index is 13.0. The lowest BCUT2D eigenvalue weighted by Gasteiger charge is -2.12.